The molecule has 1 saturated heterocycles. The van der Waals surface area contributed by atoms with E-state index in [-0.39, 0.29) is 17.8 Å². The summed E-state index contributed by atoms with van der Waals surface area (Å²) in [5.74, 6) is 0.362. The molecule has 2 aliphatic heterocycles. The lowest BCUT2D eigenvalue weighted by Gasteiger charge is -2.27. The number of ether oxygens (including phenoxy) is 1. The molecular weight excluding hydrogens is 423 g/mol. The van der Waals surface area contributed by atoms with Crippen LogP contribution in [0.5, 0.6) is 0 Å². The van der Waals surface area contributed by atoms with E-state index < -0.39 is 0 Å². The van der Waals surface area contributed by atoms with Crippen LogP contribution in [-0.4, -0.2) is 50.1 Å². The van der Waals surface area contributed by atoms with E-state index in [4.69, 9.17) is 9.84 Å². The summed E-state index contributed by atoms with van der Waals surface area (Å²) < 4.78 is 23.7. The molecule has 1 atom stereocenters. The second kappa shape index (κ2) is 9.74. The van der Waals surface area contributed by atoms with Gasteiger partial charge in [0.2, 0.25) is 5.91 Å². The number of fused-ring (bicyclic) bond motifs is 1. The summed E-state index contributed by atoms with van der Waals surface area (Å²) in [6.45, 7) is 8.10. The number of rotatable bonds is 4. The predicted molar refractivity (Wildman–Crippen MR) is 125 cm³/mol. The van der Waals surface area contributed by atoms with Crippen molar-refractivity contribution in [3.05, 3.63) is 47.7 Å². The van der Waals surface area contributed by atoms with Crippen LogP contribution in [0, 0.1) is 5.82 Å². The highest BCUT2D eigenvalue weighted by Gasteiger charge is 2.30. The number of anilines is 2. The summed E-state index contributed by atoms with van der Waals surface area (Å²) in [5.41, 5.74) is 4.29. The third-order valence-electron chi connectivity index (χ3n) is 5.98. The maximum atomic E-state index is 14.4. The molecule has 0 spiro atoms. The second-order valence-corrected chi connectivity index (χ2v) is 8.18. The molecule has 1 amide bonds. The maximum absolute atomic E-state index is 14.4. The van der Waals surface area contributed by atoms with E-state index in [9.17, 15) is 9.18 Å². The summed E-state index contributed by atoms with van der Waals surface area (Å²) >= 11 is 0. The molecular formula is C24H31FN6O2. The Morgan fingerprint density at radius 3 is 2.73 bits per heavy atom. The minimum absolute atomic E-state index is 0.0400. The Bertz CT molecular complexity index is 1130. The van der Waals surface area contributed by atoms with Gasteiger partial charge in [-0.05, 0) is 30.2 Å². The third-order valence-corrected chi connectivity index (χ3v) is 5.98. The van der Waals surface area contributed by atoms with Crippen molar-refractivity contribution in [3.63, 3.8) is 0 Å². The zero-order chi connectivity index (χ0) is 23.5. The molecule has 1 aromatic carbocycles. The molecule has 9 heteroatoms. The van der Waals surface area contributed by atoms with Gasteiger partial charge in [0, 0.05) is 62.2 Å². The summed E-state index contributed by atoms with van der Waals surface area (Å²) in [7, 11) is 1.83. The SMILES string of the molecule is CC.CC(=O)N1CCc2c(c(Nc3cc(F)cc(-c4cnn(C)c4)c3)nn2C2CCOC2)C1. The van der Waals surface area contributed by atoms with Gasteiger partial charge in [0.25, 0.3) is 0 Å². The van der Waals surface area contributed by atoms with Gasteiger partial charge in [-0.15, -0.1) is 0 Å². The monoisotopic (exact) mass is 454 g/mol. The molecule has 1 unspecified atom stereocenters. The normalized spacial score (nSPS) is 17.4. The van der Waals surface area contributed by atoms with Crippen LogP contribution in [0.25, 0.3) is 11.1 Å². The number of hydrogen-bond acceptors (Lipinski definition) is 5. The Labute approximate surface area is 193 Å². The zero-order valence-corrected chi connectivity index (χ0v) is 19.6. The maximum Gasteiger partial charge on any atom is 0.219 e. The van der Waals surface area contributed by atoms with Crippen molar-refractivity contribution >= 4 is 17.4 Å². The van der Waals surface area contributed by atoms with Crippen LogP contribution in [-0.2, 0) is 29.5 Å². The molecule has 2 aromatic heterocycles. The van der Waals surface area contributed by atoms with Crippen molar-refractivity contribution in [2.45, 2.75) is 46.2 Å². The van der Waals surface area contributed by atoms with E-state index in [0.29, 0.717) is 31.2 Å². The molecule has 0 saturated carbocycles. The van der Waals surface area contributed by atoms with Crippen LogP contribution < -0.4 is 5.32 Å². The van der Waals surface area contributed by atoms with Gasteiger partial charge >= 0.3 is 0 Å². The number of benzene rings is 1. The second-order valence-electron chi connectivity index (χ2n) is 8.18. The molecule has 0 radical (unpaired) electrons. The zero-order valence-electron chi connectivity index (χ0n) is 19.6. The molecule has 1 N–H and O–H groups in total. The summed E-state index contributed by atoms with van der Waals surface area (Å²) in [6, 6.07) is 5.01. The highest BCUT2D eigenvalue weighted by molar-refractivity contribution is 5.75. The standard InChI is InChI=1S/C22H25FN6O2.C2H6/c1-14(30)28-5-3-21-20(12-28)22(26-29(21)19-4-6-31-13-19)25-18-8-15(7-17(23)9-18)16-10-24-27(2)11-16;1-2/h7-11,19H,3-6,12-13H2,1-2H3,(H,25,26);1-2H3. The van der Waals surface area contributed by atoms with Crippen LogP contribution >= 0.6 is 0 Å². The van der Waals surface area contributed by atoms with Crippen LogP contribution in [0.1, 0.15) is 44.5 Å². The topological polar surface area (TPSA) is 77.2 Å². The number of halogens is 1. The number of hydrogen-bond donors (Lipinski definition) is 1. The van der Waals surface area contributed by atoms with Gasteiger partial charge < -0.3 is 15.0 Å². The molecule has 176 valence electrons. The van der Waals surface area contributed by atoms with Crippen molar-refractivity contribution in [1.82, 2.24) is 24.5 Å². The number of amides is 1. The Morgan fingerprint density at radius 1 is 1.24 bits per heavy atom. The highest BCUT2D eigenvalue weighted by atomic mass is 19.1. The van der Waals surface area contributed by atoms with Crippen LogP contribution in [0.3, 0.4) is 0 Å². The quantitative estimate of drug-likeness (QED) is 0.643. The molecule has 1 fully saturated rings. The lowest BCUT2D eigenvalue weighted by atomic mass is 10.1. The highest BCUT2D eigenvalue weighted by Crippen LogP contribution is 2.33. The first-order valence-electron chi connectivity index (χ1n) is 11.5. The molecule has 5 rings (SSSR count). The lowest BCUT2D eigenvalue weighted by molar-refractivity contribution is -0.129. The predicted octanol–water partition coefficient (Wildman–Crippen LogP) is 4.06. The Hall–Kier alpha value is -3.20. The fourth-order valence-electron chi connectivity index (χ4n) is 4.37. The third kappa shape index (κ3) is 4.78. The van der Waals surface area contributed by atoms with Crippen molar-refractivity contribution < 1.29 is 13.9 Å². The van der Waals surface area contributed by atoms with E-state index in [1.807, 2.05) is 42.7 Å². The Kier molecular flexibility index (Phi) is 6.78. The van der Waals surface area contributed by atoms with Gasteiger partial charge in [-0.3, -0.25) is 14.2 Å². The molecule has 8 nitrogen and oxygen atoms in total. The van der Waals surface area contributed by atoms with Gasteiger partial charge in [0.15, 0.2) is 5.82 Å². The van der Waals surface area contributed by atoms with Gasteiger partial charge in [-0.25, -0.2) is 4.39 Å². The minimum atomic E-state index is -0.341. The molecule has 3 aromatic rings. The number of nitrogens with one attached hydrogen (secondary N) is 1. The van der Waals surface area contributed by atoms with Crippen LogP contribution in [0.15, 0.2) is 30.6 Å². The lowest BCUT2D eigenvalue weighted by Crippen LogP contribution is -2.35. The molecule has 0 bridgehead atoms. The number of aryl methyl sites for hydroxylation is 1. The van der Waals surface area contributed by atoms with E-state index >= 15 is 0 Å². The molecule has 2 aliphatic rings. The van der Waals surface area contributed by atoms with Crippen molar-refractivity contribution in [2.24, 2.45) is 7.05 Å². The van der Waals surface area contributed by atoms with Crippen LogP contribution in [0.4, 0.5) is 15.9 Å². The van der Waals surface area contributed by atoms with Crippen molar-refractivity contribution in [1.29, 1.82) is 0 Å². The van der Waals surface area contributed by atoms with Crippen molar-refractivity contribution in [2.75, 3.05) is 25.1 Å². The smallest absolute Gasteiger partial charge is 0.219 e. The number of aromatic nitrogens is 4. The fraction of sp³-hybridized carbons (Fsp3) is 0.458. The van der Waals surface area contributed by atoms with Gasteiger partial charge in [0.05, 0.1) is 25.4 Å². The van der Waals surface area contributed by atoms with Crippen molar-refractivity contribution in [3.8, 4) is 11.1 Å². The first-order chi connectivity index (χ1) is 16.0. The minimum Gasteiger partial charge on any atom is -0.379 e. The average molecular weight is 455 g/mol. The molecule has 0 aliphatic carbocycles. The van der Waals surface area contributed by atoms with Crippen LogP contribution in [0.2, 0.25) is 0 Å². The largest absolute Gasteiger partial charge is 0.379 e. The Balaban J connectivity index is 0.00000126. The molecule has 4 heterocycles. The summed E-state index contributed by atoms with van der Waals surface area (Å²) in [4.78, 5) is 13.8. The van der Waals surface area contributed by atoms with E-state index in [1.165, 1.54) is 12.1 Å². The number of nitrogens with zero attached hydrogens (tertiary/aromatic N) is 5. The Morgan fingerprint density at radius 2 is 2.06 bits per heavy atom. The first-order valence-corrected chi connectivity index (χ1v) is 11.5. The van der Waals surface area contributed by atoms with Gasteiger partial charge in [-0.1, -0.05) is 13.8 Å². The summed E-state index contributed by atoms with van der Waals surface area (Å²) in [6.07, 6.45) is 5.21. The van der Waals surface area contributed by atoms with Gasteiger partial charge in [0.1, 0.15) is 5.82 Å². The summed E-state index contributed by atoms with van der Waals surface area (Å²) in [5, 5.41) is 12.3. The van der Waals surface area contributed by atoms with E-state index in [1.54, 1.807) is 17.8 Å². The molecule has 33 heavy (non-hydrogen) atoms. The average Bonchev–Trinajstić information content (AvgIpc) is 3.55. The van der Waals surface area contributed by atoms with Gasteiger partial charge in [-0.2, -0.15) is 10.2 Å². The number of carbonyl (C=O) groups is 1. The van der Waals surface area contributed by atoms with E-state index in [2.05, 4.69) is 10.4 Å². The first kappa shape index (κ1) is 23.0. The number of carbonyl (C=O) groups excluding carboxylic acids is 1. The van der Waals surface area contributed by atoms with E-state index in [0.717, 1.165) is 41.8 Å². The fourth-order valence-corrected chi connectivity index (χ4v) is 4.37.